The highest BCUT2D eigenvalue weighted by molar-refractivity contribution is 5.21. The van der Waals surface area contributed by atoms with Crippen LogP contribution in [0.25, 0.3) is 0 Å². The molecule has 2 nitrogen and oxygen atoms in total. The topological polar surface area (TPSA) is 18.5 Å². The van der Waals surface area contributed by atoms with Gasteiger partial charge in [-0.3, -0.25) is 0 Å². The fourth-order valence-corrected chi connectivity index (χ4v) is 5.05. The Morgan fingerprint density at radius 1 is 1.05 bits per heavy atom. The molecule has 1 saturated heterocycles. The molecule has 0 radical (unpaired) electrons. The summed E-state index contributed by atoms with van der Waals surface area (Å²) in [4.78, 5) is 0. The van der Waals surface area contributed by atoms with Crippen molar-refractivity contribution >= 4 is 0 Å². The number of fused-ring (bicyclic) bond motifs is 3. The van der Waals surface area contributed by atoms with E-state index in [2.05, 4.69) is 26.8 Å². The molecule has 3 rings (SSSR count). The van der Waals surface area contributed by atoms with Crippen LogP contribution in [0.4, 0.5) is 0 Å². The lowest BCUT2D eigenvalue weighted by Gasteiger charge is -2.56. The second-order valence-corrected chi connectivity index (χ2v) is 8.47. The highest BCUT2D eigenvalue weighted by Crippen LogP contribution is 2.60. The average Bonchev–Trinajstić information content (AvgIpc) is 2.48. The normalized spacial score (nSPS) is 43.0. The first-order chi connectivity index (χ1) is 9.25. The summed E-state index contributed by atoms with van der Waals surface area (Å²) in [7, 11) is 0. The smallest absolute Gasteiger partial charge is 0.163 e. The molecule has 1 saturated carbocycles. The molecule has 2 heteroatoms. The summed E-state index contributed by atoms with van der Waals surface area (Å²) in [5, 5.41) is 0. The number of ether oxygens (including phenoxy) is 2. The van der Waals surface area contributed by atoms with Crippen LogP contribution in [0.1, 0.15) is 60.3 Å². The zero-order chi connectivity index (χ0) is 14.6. The summed E-state index contributed by atoms with van der Waals surface area (Å²) in [6, 6.07) is 0. The molecule has 0 aromatic rings. The SMILES string of the molecule is CC1(C)OCC2=CC[C@@H]3C(C)(C)CCC[C@]3(C)[C@H]2CO1. The van der Waals surface area contributed by atoms with Crippen molar-refractivity contribution < 1.29 is 9.47 Å². The van der Waals surface area contributed by atoms with E-state index in [4.69, 9.17) is 9.47 Å². The van der Waals surface area contributed by atoms with Crippen LogP contribution in [0.3, 0.4) is 0 Å². The predicted octanol–water partition coefficient (Wildman–Crippen LogP) is 4.55. The minimum atomic E-state index is -0.436. The third-order valence-corrected chi connectivity index (χ3v) is 6.32. The Bertz CT molecular complexity index is 421. The summed E-state index contributed by atoms with van der Waals surface area (Å²) in [6.45, 7) is 13.1. The first-order valence-electron chi connectivity index (χ1n) is 8.21. The van der Waals surface area contributed by atoms with Crippen LogP contribution < -0.4 is 0 Å². The highest BCUT2D eigenvalue weighted by atomic mass is 16.7. The zero-order valence-electron chi connectivity index (χ0n) is 13.8. The van der Waals surface area contributed by atoms with Crippen molar-refractivity contribution in [2.24, 2.45) is 22.7 Å². The van der Waals surface area contributed by atoms with Gasteiger partial charge < -0.3 is 9.47 Å². The van der Waals surface area contributed by atoms with Crippen molar-refractivity contribution in [1.29, 1.82) is 0 Å². The van der Waals surface area contributed by atoms with E-state index < -0.39 is 5.79 Å². The Kier molecular flexibility index (Phi) is 3.34. The summed E-state index contributed by atoms with van der Waals surface area (Å²) < 4.78 is 12.0. The molecule has 3 aliphatic rings. The van der Waals surface area contributed by atoms with E-state index in [-0.39, 0.29) is 0 Å². The van der Waals surface area contributed by atoms with Gasteiger partial charge in [0, 0.05) is 5.92 Å². The summed E-state index contributed by atoms with van der Waals surface area (Å²) >= 11 is 0. The first-order valence-corrected chi connectivity index (χ1v) is 8.21. The predicted molar refractivity (Wildman–Crippen MR) is 81.4 cm³/mol. The Labute approximate surface area is 123 Å². The summed E-state index contributed by atoms with van der Waals surface area (Å²) in [5.41, 5.74) is 2.33. The van der Waals surface area contributed by atoms with Crippen LogP contribution in [-0.2, 0) is 9.47 Å². The van der Waals surface area contributed by atoms with E-state index in [9.17, 15) is 0 Å². The molecule has 0 unspecified atom stereocenters. The zero-order valence-corrected chi connectivity index (χ0v) is 13.8. The molecule has 2 aliphatic carbocycles. The fourth-order valence-electron chi connectivity index (χ4n) is 5.05. The first kappa shape index (κ1) is 14.6. The van der Waals surface area contributed by atoms with E-state index in [0.717, 1.165) is 19.1 Å². The van der Waals surface area contributed by atoms with E-state index in [1.807, 2.05) is 13.8 Å². The molecule has 1 aliphatic heterocycles. The van der Waals surface area contributed by atoms with Gasteiger partial charge in [-0.1, -0.05) is 33.3 Å². The van der Waals surface area contributed by atoms with Crippen LogP contribution >= 0.6 is 0 Å². The standard InChI is InChI=1S/C18H30O2/c1-16(2)9-6-10-18(5)14-12-20-17(3,4)19-11-13(14)7-8-15(16)18/h7,14-15H,6,8-12H2,1-5H3/t14-,15+,18+/m0/s1. The minimum absolute atomic E-state index is 0.385. The van der Waals surface area contributed by atoms with Gasteiger partial charge in [-0.2, -0.15) is 0 Å². The van der Waals surface area contributed by atoms with E-state index in [1.165, 1.54) is 31.3 Å². The molecule has 114 valence electrons. The Hall–Kier alpha value is -0.340. The molecular formula is C18H30O2. The lowest BCUT2D eigenvalue weighted by molar-refractivity contribution is -0.204. The van der Waals surface area contributed by atoms with E-state index in [0.29, 0.717) is 16.7 Å². The molecule has 0 aromatic carbocycles. The highest BCUT2D eigenvalue weighted by Gasteiger charge is 2.53. The molecule has 1 heterocycles. The number of rotatable bonds is 0. The van der Waals surface area contributed by atoms with Gasteiger partial charge in [0.25, 0.3) is 0 Å². The van der Waals surface area contributed by atoms with Crippen LogP contribution in [-0.4, -0.2) is 19.0 Å². The number of allylic oxidation sites excluding steroid dienone is 1. The second-order valence-electron chi connectivity index (χ2n) is 8.47. The molecule has 0 aromatic heterocycles. The number of hydrogen-bond donors (Lipinski definition) is 0. The summed E-state index contributed by atoms with van der Waals surface area (Å²) in [5.74, 6) is 0.888. The van der Waals surface area contributed by atoms with Gasteiger partial charge in [0.15, 0.2) is 5.79 Å². The van der Waals surface area contributed by atoms with Crippen molar-refractivity contribution in [3.05, 3.63) is 11.6 Å². The number of hydrogen-bond acceptors (Lipinski definition) is 2. The maximum Gasteiger partial charge on any atom is 0.163 e. The third kappa shape index (κ3) is 2.25. The van der Waals surface area contributed by atoms with Crippen LogP contribution in [0.5, 0.6) is 0 Å². The maximum atomic E-state index is 6.08. The Morgan fingerprint density at radius 2 is 1.80 bits per heavy atom. The fraction of sp³-hybridized carbons (Fsp3) is 0.889. The molecule has 0 N–H and O–H groups in total. The van der Waals surface area contributed by atoms with E-state index >= 15 is 0 Å². The summed E-state index contributed by atoms with van der Waals surface area (Å²) in [6.07, 6.45) is 7.75. The third-order valence-electron chi connectivity index (χ3n) is 6.32. The van der Waals surface area contributed by atoms with Crippen LogP contribution in [0.2, 0.25) is 0 Å². The van der Waals surface area contributed by atoms with Crippen molar-refractivity contribution in [3.63, 3.8) is 0 Å². The Balaban J connectivity index is 1.94. The molecule has 3 atom stereocenters. The van der Waals surface area contributed by atoms with Gasteiger partial charge in [-0.05, 0) is 55.4 Å². The van der Waals surface area contributed by atoms with Gasteiger partial charge in [0.1, 0.15) is 0 Å². The van der Waals surface area contributed by atoms with Gasteiger partial charge in [-0.25, -0.2) is 0 Å². The van der Waals surface area contributed by atoms with Gasteiger partial charge >= 0.3 is 0 Å². The second kappa shape index (κ2) is 4.58. The largest absolute Gasteiger partial charge is 0.350 e. The van der Waals surface area contributed by atoms with E-state index in [1.54, 1.807) is 0 Å². The molecule has 0 amide bonds. The molecule has 2 fully saturated rings. The molecule has 0 bridgehead atoms. The molecule has 20 heavy (non-hydrogen) atoms. The van der Waals surface area contributed by atoms with Crippen LogP contribution in [0, 0.1) is 22.7 Å². The molecule has 0 spiro atoms. The van der Waals surface area contributed by atoms with Gasteiger partial charge in [0.2, 0.25) is 0 Å². The monoisotopic (exact) mass is 278 g/mol. The van der Waals surface area contributed by atoms with Gasteiger partial charge in [0.05, 0.1) is 13.2 Å². The maximum absolute atomic E-state index is 6.08. The quantitative estimate of drug-likeness (QED) is 0.605. The van der Waals surface area contributed by atoms with Crippen molar-refractivity contribution in [2.75, 3.05) is 13.2 Å². The minimum Gasteiger partial charge on any atom is -0.350 e. The Morgan fingerprint density at radius 3 is 2.55 bits per heavy atom. The average molecular weight is 278 g/mol. The van der Waals surface area contributed by atoms with Crippen molar-refractivity contribution in [3.8, 4) is 0 Å². The van der Waals surface area contributed by atoms with Crippen LogP contribution in [0.15, 0.2) is 11.6 Å². The lowest BCUT2D eigenvalue weighted by atomic mass is 9.49. The molecular weight excluding hydrogens is 248 g/mol. The lowest BCUT2D eigenvalue weighted by Crippen LogP contribution is -2.50. The van der Waals surface area contributed by atoms with Crippen molar-refractivity contribution in [1.82, 2.24) is 0 Å². The van der Waals surface area contributed by atoms with Crippen molar-refractivity contribution in [2.45, 2.75) is 66.1 Å². The van der Waals surface area contributed by atoms with Gasteiger partial charge in [-0.15, -0.1) is 0 Å².